The Kier molecular flexibility index (Phi) is 6.31. The minimum absolute atomic E-state index is 0.191. The lowest BCUT2D eigenvalue weighted by atomic mass is 10.3. The van der Waals surface area contributed by atoms with Crippen LogP contribution in [0.4, 0.5) is 0 Å². The van der Waals surface area contributed by atoms with Crippen molar-refractivity contribution in [3.05, 3.63) is 18.0 Å². The van der Waals surface area contributed by atoms with Crippen molar-refractivity contribution in [2.75, 3.05) is 25.9 Å². The average molecular weight is 274 g/mol. The van der Waals surface area contributed by atoms with Gasteiger partial charge in [-0.3, -0.25) is 4.68 Å². The molecule has 1 heterocycles. The van der Waals surface area contributed by atoms with E-state index in [0.29, 0.717) is 19.4 Å². The van der Waals surface area contributed by atoms with Gasteiger partial charge in [-0.15, -0.1) is 0 Å². The van der Waals surface area contributed by atoms with Crippen LogP contribution in [0.5, 0.6) is 0 Å². The Morgan fingerprint density at radius 1 is 1.33 bits per heavy atom. The molecule has 0 saturated carbocycles. The van der Waals surface area contributed by atoms with Gasteiger partial charge in [-0.25, -0.2) is 13.1 Å². The molecule has 0 aliphatic carbocycles. The van der Waals surface area contributed by atoms with E-state index in [-0.39, 0.29) is 5.75 Å². The molecule has 18 heavy (non-hydrogen) atoms. The van der Waals surface area contributed by atoms with Crippen LogP contribution < -0.4 is 10.0 Å². The Balaban J connectivity index is 2.20. The van der Waals surface area contributed by atoms with E-state index in [1.54, 1.807) is 4.68 Å². The van der Waals surface area contributed by atoms with Gasteiger partial charge in [-0.05, 0) is 32.5 Å². The van der Waals surface area contributed by atoms with Gasteiger partial charge in [0.2, 0.25) is 10.0 Å². The number of hydrogen-bond donors (Lipinski definition) is 2. The minimum atomic E-state index is -3.14. The summed E-state index contributed by atoms with van der Waals surface area (Å²) in [5, 5.41) is 7.19. The van der Waals surface area contributed by atoms with Gasteiger partial charge in [0.25, 0.3) is 0 Å². The summed E-state index contributed by atoms with van der Waals surface area (Å²) in [7, 11) is 0.566. The van der Waals surface area contributed by atoms with E-state index in [1.807, 2.05) is 26.4 Å². The van der Waals surface area contributed by atoms with Crippen LogP contribution in [-0.2, 0) is 23.5 Å². The van der Waals surface area contributed by atoms with Crippen LogP contribution in [0.3, 0.4) is 0 Å². The van der Waals surface area contributed by atoms with E-state index in [1.165, 1.54) is 0 Å². The monoisotopic (exact) mass is 274 g/mol. The SMILES string of the molecule is CNCCCCS(=O)(=O)NCCc1ccn(C)n1. The van der Waals surface area contributed by atoms with Crippen LogP contribution in [0.1, 0.15) is 18.5 Å². The molecule has 1 aromatic heterocycles. The Morgan fingerprint density at radius 3 is 2.72 bits per heavy atom. The number of unbranched alkanes of at least 4 members (excludes halogenated alkanes) is 1. The highest BCUT2D eigenvalue weighted by molar-refractivity contribution is 7.89. The first kappa shape index (κ1) is 15.1. The number of nitrogens with zero attached hydrogens (tertiary/aromatic N) is 2. The maximum atomic E-state index is 11.6. The minimum Gasteiger partial charge on any atom is -0.320 e. The predicted octanol–water partition coefficient (Wildman–Crippen LogP) is -0.118. The zero-order valence-electron chi connectivity index (χ0n) is 11.0. The number of aryl methyl sites for hydroxylation is 1. The van der Waals surface area contributed by atoms with Crippen molar-refractivity contribution in [2.24, 2.45) is 7.05 Å². The summed E-state index contributed by atoms with van der Waals surface area (Å²) >= 11 is 0. The molecule has 0 saturated heterocycles. The third-order valence-electron chi connectivity index (χ3n) is 2.56. The fourth-order valence-electron chi connectivity index (χ4n) is 1.60. The van der Waals surface area contributed by atoms with Gasteiger partial charge in [-0.1, -0.05) is 0 Å². The molecule has 7 heteroatoms. The molecule has 0 bridgehead atoms. The Hall–Kier alpha value is -0.920. The van der Waals surface area contributed by atoms with Gasteiger partial charge in [0.05, 0.1) is 11.4 Å². The average Bonchev–Trinajstić information content (AvgIpc) is 2.70. The van der Waals surface area contributed by atoms with Crippen molar-refractivity contribution in [3.63, 3.8) is 0 Å². The standard InChI is InChI=1S/C11H22N4O2S/c1-12-7-3-4-10-18(16,17)13-8-5-11-6-9-15(2)14-11/h6,9,12-13H,3-5,7-8,10H2,1-2H3. The van der Waals surface area contributed by atoms with Crippen LogP contribution in [0.15, 0.2) is 12.3 Å². The van der Waals surface area contributed by atoms with Gasteiger partial charge in [-0.2, -0.15) is 5.10 Å². The molecule has 0 amide bonds. The van der Waals surface area contributed by atoms with Gasteiger partial charge < -0.3 is 5.32 Å². The van der Waals surface area contributed by atoms with Gasteiger partial charge in [0.1, 0.15) is 0 Å². The van der Waals surface area contributed by atoms with E-state index in [0.717, 1.165) is 18.7 Å². The molecule has 1 aromatic rings. The summed E-state index contributed by atoms with van der Waals surface area (Å²) in [6.07, 6.45) is 4.02. The zero-order chi connectivity index (χ0) is 13.4. The van der Waals surface area contributed by atoms with E-state index < -0.39 is 10.0 Å². The third-order valence-corrected chi connectivity index (χ3v) is 4.03. The summed E-state index contributed by atoms with van der Waals surface area (Å²) in [4.78, 5) is 0. The molecule has 0 radical (unpaired) electrons. The van der Waals surface area contributed by atoms with Crippen LogP contribution in [0.25, 0.3) is 0 Å². The fraction of sp³-hybridized carbons (Fsp3) is 0.727. The van der Waals surface area contributed by atoms with Crippen LogP contribution in [0, 0.1) is 0 Å². The highest BCUT2D eigenvalue weighted by Crippen LogP contribution is 1.97. The first-order chi connectivity index (χ1) is 8.53. The van der Waals surface area contributed by atoms with E-state index in [4.69, 9.17) is 0 Å². The van der Waals surface area contributed by atoms with E-state index in [9.17, 15) is 8.42 Å². The molecule has 0 fully saturated rings. The van der Waals surface area contributed by atoms with Crippen molar-refractivity contribution >= 4 is 10.0 Å². The van der Waals surface area contributed by atoms with E-state index in [2.05, 4.69) is 15.1 Å². The number of hydrogen-bond acceptors (Lipinski definition) is 4. The molecule has 0 aliphatic heterocycles. The van der Waals surface area contributed by atoms with Gasteiger partial charge in [0, 0.05) is 26.2 Å². The smallest absolute Gasteiger partial charge is 0.211 e. The molecule has 0 unspecified atom stereocenters. The maximum absolute atomic E-state index is 11.6. The van der Waals surface area contributed by atoms with Crippen LogP contribution >= 0.6 is 0 Å². The van der Waals surface area contributed by atoms with Crippen molar-refractivity contribution in [3.8, 4) is 0 Å². The van der Waals surface area contributed by atoms with Crippen LogP contribution in [0.2, 0.25) is 0 Å². The fourth-order valence-corrected chi connectivity index (χ4v) is 2.74. The second kappa shape index (κ2) is 7.50. The van der Waals surface area contributed by atoms with Gasteiger partial charge in [0.15, 0.2) is 0 Å². The van der Waals surface area contributed by atoms with Crippen molar-refractivity contribution in [2.45, 2.75) is 19.3 Å². The first-order valence-electron chi connectivity index (χ1n) is 6.14. The van der Waals surface area contributed by atoms with Crippen molar-refractivity contribution in [1.82, 2.24) is 19.8 Å². The van der Waals surface area contributed by atoms with Crippen molar-refractivity contribution in [1.29, 1.82) is 0 Å². The van der Waals surface area contributed by atoms with Gasteiger partial charge >= 0.3 is 0 Å². The number of nitrogens with one attached hydrogen (secondary N) is 2. The number of sulfonamides is 1. The number of rotatable bonds is 9. The lowest BCUT2D eigenvalue weighted by molar-refractivity contribution is 0.575. The highest BCUT2D eigenvalue weighted by atomic mass is 32.2. The zero-order valence-corrected chi connectivity index (χ0v) is 11.8. The second-order valence-electron chi connectivity index (χ2n) is 4.25. The maximum Gasteiger partial charge on any atom is 0.211 e. The predicted molar refractivity (Wildman–Crippen MR) is 71.9 cm³/mol. The molecular formula is C11H22N4O2S. The molecule has 6 nitrogen and oxygen atoms in total. The molecule has 0 spiro atoms. The number of aromatic nitrogens is 2. The molecule has 0 atom stereocenters. The summed E-state index contributed by atoms with van der Waals surface area (Å²) in [6, 6.07) is 1.89. The van der Waals surface area contributed by atoms with E-state index >= 15 is 0 Å². The molecule has 0 aromatic carbocycles. The first-order valence-corrected chi connectivity index (χ1v) is 7.79. The Labute approximate surface area is 109 Å². The largest absolute Gasteiger partial charge is 0.320 e. The van der Waals surface area contributed by atoms with Crippen molar-refractivity contribution < 1.29 is 8.42 Å². The normalized spacial score (nSPS) is 11.9. The summed E-state index contributed by atoms with van der Waals surface area (Å²) in [5.41, 5.74) is 0.899. The molecule has 1 rings (SSSR count). The Bertz CT molecular complexity index is 442. The second-order valence-corrected chi connectivity index (χ2v) is 6.18. The lowest BCUT2D eigenvalue weighted by Crippen LogP contribution is -2.28. The van der Waals surface area contributed by atoms with Crippen LogP contribution in [-0.4, -0.2) is 44.1 Å². The molecular weight excluding hydrogens is 252 g/mol. The molecule has 104 valence electrons. The molecule has 0 aliphatic rings. The lowest BCUT2D eigenvalue weighted by Gasteiger charge is -2.05. The summed E-state index contributed by atoms with van der Waals surface area (Å²) in [6.45, 7) is 1.26. The molecule has 2 N–H and O–H groups in total. The summed E-state index contributed by atoms with van der Waals surface area (Å²) < 4.78 is 27.6. The topological polar surface area (TPSA) is 76.0 Å². The highest BCUT2D eigenvalue weighted by Gasteiger charge is 2.09. The Morgan fingerprint density at radius 2 is 2.11 bits per heavy atom. The quantitative estimate of drug-likeness (QED) is 0.616. The summed E-state index contributed by atoms with van der Waals surface area (Å²) in [5.74, 6) is 0.191. The third kappa shape index (κ3) is 6.13.